The minimum absolute atomic E-state index is 0.334. The Kier molecular flexibility index (Phi) is 4.06. The zero-order chi connectivity index (χ0) is 13.4. The van der Waals surface area contributed by atoms with E-state index in [9.17, 15) is 0 Å². The molecule has 0 radical (unpaired) electrons. The molecule has 0 saturated carbocycles. The van der Waals surface area contributed by atoms with E-state index in [2.05, 4.69) is 39.9 Å². The summed E-state index contributed by atoms with van der Waals surface area (Å²) in [6.45, 7) is 6.19. The fraction of sp³-hybridized carbons (Fsp3) is 0.600. The minimum Gasteiger partial charge on any atom is -0.493 e. The smallest absolute Gasteiger partial charge is 0.127 e. The quantitative estimate of drug-likeness (QED) is 0.756. The van der Waals surface area contributed by atoms with Crippen molar-refractivity contribution in [3.8, 4) is 5.75 Å². The van der Waals surface area contributed by atoms with Crippen LogP contribution in [0.5, 0.6) is 5.75 Å². The minimum atomic E-state index is 0.334. The number of ether oxygens (including phenoxy) is 1. The molecule has 1 aromatic carbocycles. The van der Waals surface area contributed by atoms with Gasteiger partial charge in [-0.25, -0.2) is 0 Å². The Morgan fingerprint density at radius 2 is 2.32 bits per heavy atom. The molecule has 2 atom stereocenters. The molecule has 2 nitrogen and oxygen atoms in total. The molecular formula is C15H19BrClNO. The highest BCUT2D eigenvalue weighted by atomic mass is 79.9. The van der Waals surface area contributed by atoms with Gasteiger partial charge in [-0.2, -0.15) is 0 Å². The van der Waals surface area contributed by atoms with E-state index in [4.69, 9.17) is 16.3 Å². The normalized spacial score (nSPS) is 27.1. The first kappa shape index (κ1) is 13.7. The highest BCUT2D eigenvalue weighted by Gasteiger charge is 2.26. The van der Waals surface area contributed by atoms with Crippen LogP contribution < -0.4 is 4.74 Å². The molecule has 0 bridgehead atoms. The summed E-state index contributed by atoms with van der Waals surface area (Å²) in [6.07, 6.45) is 2.11. The van der Waals surface area contributed by atoms with Crippen LogP contribution in [0.3, 0.4) is 0 Å². The Morgan fingerprint density at radius 3 is 3.11 bits per heavy atom. The second-order valence-electron chi connectivity index (χ2n) is 5.67. The summed E-state index contributed by atoms with van der Waals surface area (Å²) in [5.74, 6) is 1.68. The number of hydrogen-bond acceptors (Lipinski definition) is 2. The van der Waals surface area contributed by atoms with Crippen LogP contribution in [0.1, 0.15) is 24.5 Å². The van der Waals surface area contributed by atoms with Gasteiger partial charge in [0.25, 0.3) is 0 Å². The van der Waals surface area contributed by atoms with Gasteiger partial charge in [0.1, 0.15) is 5.75 Å². The van der Waals surface area contributed by atoms with Gasteiger partial charge in [-0.05, 0) is 36.6 Å². The zero-order valence-electron chi connectivity index (χ0n) is 11.2. The fourth-order valence-electron chi connectivity index (χ4n) is 3.05. The number of likely N-dealkylation sites (tertiary alicyclic amines) is 1. The molecule has 0 spiro atoms. The van der Waals surface area contributed by atoms with Gasteiger partial charge in [-0.1, -0.05) is 22.9 Å². The van der Waals surface area contributed by atoms with Crippen molar-refractivity contribution in [2.24, 2.45) is 5.92 Å². The zero-order valence-corrected chi connectivity index (χ0v) is 13.5. The summed E-state index contributed by atoms with van der Waals surface area (Å²) in [5.41, 5.74) is 2.65. The van der Waals surface area contributed by atoms with Crippen LogP contribution in [0.15, 0.2) is 16.6 Å². The molecule has 19 heavy (non-hydrogen) atoms. The van der Waals surface area contributed by atoms with Crippen molar-refractivity contribution in [3.05, 3.63) is 27.7 Å². The number of rotatable bonds is 2. The lowest BCUT2D eigenvalue weighted by atomic mass is 9.98. The standard InChI is InChI=1S/C15H19BrClNO/c1-10-8-18(4-2-14(10)17)9-12-7-13(16)6-11-3-5-19-15(11)12/h6-7,10,14H,2-5,8-9H2,1H3. The van der Waals surface area contributed by atoms with Crippen molar-refractivity contribution in [2.45, 2.75) is 31.7 Å². The van der Waals surface area contributed by atoms with Gasteiger partial charge in [0.2, 0.25) is 0 Å². The highest BCUT2D eigenvalue weighted by molar-refractivity contribution is 9.10. The Hall–Kier alpha value is -0.250. The summed E-state index contributed by atoms with van der Waals surface area (Å²) >= 11 is 9.90. The first-order chi connectivity index (χ1) is 9.13. The van der Waals surface area contributed by atoms with E-state index in [0.29, 0.717) is 11.3 Å². The van der Waals surface area contributed by atoms with Gasteiger partial charge >= 0.3 is 0 Å². The lowest BCUT2D eigenvalue weighted by Crippen LogP contribution is -2.39. The third kappa shape index (κ3) is 2.93. The van der Waals surface area contributed by atoms with E-state index in [1.165, 1.54) is 11.1 Å². The summed E-state index contributed by atoms with van der Waals surface area (Å²) in [5, 5.41) is 0.334. The largest absolute Gasteiger partial charge is 0.493 e. The van der Waals surface area contributed by atoms with Gasteiger partial charge in [0.05, 0.1) is 6.61 Å². The Bertz CT molecular complexity index is 479. The second-order valence-corrected chi connectivity index (χ2v) is 7.14. The maximum Gasteiger partial charge on any atom is 0.127 e. The van der Waals surface area contributed by atoms with Crippen molar-refractivity contribution in [2.75, 3.05) is 19.7 Å². The predicted molar refractivity (Wildman–Crippen MR) is 82.0 cm³/mol. The summed E-state index contributed by atoms with van der Waals surface area (Å²) < 4.78 is 6.96. The second kappa shape index (κ2) is 5.63. The first-order valence-electron chi connectivity index (χ1n) is 6.94. The van der Waals surface area contributed by atoms with Crippen LogP contribution in [-0.4, -0.2) is 30.0 Å². The third-order valence-corrected chi connectivity index (χ3v) is 5.21. The molecule has 0 aromatic heterocycles. The maximum absolute atomic E-state index is 6.30. The molecule has 1 aromatic rings. The molecule has 2 heterocycles. The SMILES string of the molecule is CC1CN(Cc2cc(Br)cc3c2OCC3)CCC1Cl. The van der Waals surface area contributed by atoms with Gasteiger partial charge in [-0.15, -0.1) is 11.6 Å². The number of hydrogen-bond donors (Lipinski definition) is 0. The predicted octanol–water partition coefficient (Wildman–Crippen LogP) is 3.83. The van der Waals surface area contributed by atoms with Crippen LogP contribution >= 0.6 is 27.5 Å². The molecule has 2 aliphatic heterocycles. The van der Waals surface area contributed by atoms with Crippen LogP contribution in [0.2, 0.25) is 0 Å². The van der Waals surface area contributed by atoms with E-state index in [0.717, 1.165) is 49.3 Å². The molecule has 104 valence electrons. The van der Waals surface area contributed by atoms with Crippen molar-refractivity contribution in [1.82, 2.24) is 4.90 Å². The lowest BCUT2D eigenvalue weighted by Gasteiger charge is -2.34. The molecule has 0 aliphatic carbocycles. The Balaban J connectivity index is 1.77. The summed E-state index contributed by atoms with van der Waals surface area (Å²) in [4.78, 5) is 2.49. The number of nitrogens with zero attached hydrogens (tertiary/aromatic N) is 1. The molecule has 4 heteroatoms. The molecule has 2 aliphatic rings. The van der Waals surface area contributed by atoms with Crippen molar-refractivity contribution >= 4 is 27.5 Å². The molecule has 2 unspecified atom stereocenters. The number of piperidine rings is 1. The van der Waals surface area contributed by atoms with Crippen LogP contribution in [-0.2, 0) is 13.0 Å². The first-order valence-corrected chi connectivity index (χ1v) is 8.17. The van der Waals surface area contributed by atoms with Gasteiger partial charge in [0, 0.05) is 34.9 Å². The van der Waals surface area contributed by atoms with Gasteiger partial charge in [-0.3, -0.25) is 4.90 Å². The number of alkyl halides is 1. The maximum atomic E-state index is 6.30. The molecular weight excluding hydrogens is 326 g/mol. The third-order valence-electron chi connectivity index (χ3n) is 4.10. The van der Waals surface area contributed by atoms with Crippen LogP contribution in [0, 0.1) is 5.92 Å². The molecule has 1 saturated heterocycles. The molecule has 3 rings (SSSR count). The van der Waals surface area contributed by atoms with Crippen molar-refractivity contribution in [3.63, 3.8) is 0 Å². The topological polar surface area (TPSA) is 12.5 Å². The molecule has 1 fully saturated rings. The molecule has 0 N–H and O–H groups in total. The van der Waals surface area contributed by atoms with Crippen LogP contribution in [0.4, 0.5) is 0 Å². The number of benzene rings is 1. The lowest BCUT2D eigenvalue weighted by molar-refractivity contribution is 0.178. The van der Waals surface area contributed by atoms with Crippen molar-refractivity contribution in [1.29, 1.82) is 0 Å². The summed E-state index contributed by atoms with van der Waals surface area (Å²) in [7, 11) is 0. The van der Waals surface area contributed by atoms with E-state index in [-0.39, 0.29) is 0 Å². The average Bonchev–Trinajstić information content (AvgIpc) is 2.82. The van der Waals surface area contributed by atoms with E-state index >= 15 is 0 Å². The highest BCUT2D eigenvalue weighted by Crippen LogP contribution is 2.34. The van der Waals surface area contributed by atoms with Gasteiger partial charge in [0.15, 0.2) is 0 Å². The van der Waals surface area contributed by atoms with E-state index in [1.807, 2.05) is 0 Å². The van der Waals surface area contributed by atoms with Crippen LogP contribution in [0.25, 0.3) is 0 Å². The fourth-order valence-corrected chi connectivity index (χ4v) is 3.78. The number of halogens is 2. The van der Waals surface area contributed by atoms with Crippen molar-refractivity contribution < 1.29 is 4.74 Å². The number of fused-ring (bicyclic) bond motifs is 1. The Morgan fingerprint density at radius 1 is 1.47 bits per heavy atom. The molecule has 0 amide bonds. The van der Waals surface area contributed by atoms with E-state index < -0.39 is 0 Å². The monoisotopic (exact) mass is 343 g/mol. The van der Waals surface area contributed by atoms with E-state index in [1.54, 1.807) is 0 Å². The van der Waals surface area contributed by atoms with Gasteiger partial charge < -0.3 is 4.74 Å². The Labute approximate surface area is 128 Å². The average molecular weight is 345 g/mol. The summed E-state index contributed by atoms with van der Waals surface area (Å²) in [6, 6.07) is 4.38.